The molecule has 1 aliphatic heterocycles. The maximum atomic E-state index is 10.6. The molecule has 0 amide bonds. The fourth-order valence-corrected chi connectivity index (χ4v) is 3.15. The third-order valence-electron chi connectivity index (χ3n) is 3.60. The van der Waals surface area contributed by atoms with Crippen molar-refractivity contribution in [3.63, 3.8) is 0 Å². The molecule has 20 heavy (non-hydrogen) atoms. The zero-order chi connectivity index (χ0) is 14.6. The van der Waals surface area contributed by atoms with Crippen LogP contribution in [-0.4, -0.2) is 40.7 Å². The number of hydrogen-bond acceptors (Lipinski definition) is 4. The molecule has 1 aromatic carbocycles. The molecular weight excluding hydrogens is 371 g/mol. The maximum absolute atomic E-state index is 10.6. The minimum atomic E-state index is -1.28. The summed E-state index contributed by atoms with van der Waals surface area (Å²) in [4.78, 5) is 0. The molecule has 1 saturated heterocycles. The predicted octanol–water partition coefficient (Wildman–Crippen LogP) is 2.52. The quantitative estimate of drug-likeness (QED) is 0.597. The zero-order valence-corrected chi connectivity index (χ0v) is 13.9. The van der Waals surface area contributed by atoms with Gasteiger partial charge in [-0.25, -0.2) is 0 Å². The summed E-state index contributed by atoms with van der Waals surface area (Å²) in [6.07, 6.45) is -0.0820. The van der Waals surface area contributed by atoms with E-state index in [1.54, 1.807) is 7.11 Å². The highest BCUT2D eigenvalue weighted by atomic mass is 127. The monoisotopic (exact) mass is 392 g/mol. The van der Waals surface area contributed by atoms with Crippen LogP contribution in [0.3, 0.4) is 0 Å². The van der Waals surface area contributed by atoms with Crippen molar-refractivity contribution in [3.8, 4) is 0 Å². The van der Waals surface area contributed by atoms with Crippen LogP contribution in [-0.2, 0) is 20.8 Å². The van der Waals surface area contributed by atoms with E-state index in [-0.39, 0.29) is 12.2 Å². The molecule has 0 aliphatic carbocycles. The van der Waals surface area contributed by atoms with E-state index in [0.717, 1.165) is 12.0 Å². The number of alkyl halides is 1. The van der Waals surface area contributed by atoms with Crippen molar-refractivity contribution in [2.75, 3.05) is 11.5 Å². The number of methoxy groups -OCH3 is 1. The first-order valence-corrected chi connectivity index (χ1v) is 8.31. The zero-order valence-electron chi connectivity index (χ0n) is 11.8. The molecule has 0 saturated carbocycles. The highest BCUT2D eigenvalue weighted by molar-refractivity contribution is 14.1. The van der Waals surface area contributed by atoms with Gasteiger partial charge in [0.1, 0.15) is 12.2 Å². The normalized spacial score (nSPS) is 33.5. The smallest absolute Gasteiger partial charge is 0.204 e. The molecule has 1 fully saturated rings. The summed E-state index contributed by atoms with van der Waals surface area (Å²) < 4.78 is 17.6. The van der Waals surface area contributed by atoms with Crippen LogP contribution in [0.4, 0.5) is 0 Å². The Morgan fingerprint density at radius 3 is 2.60 bits per heavy atom. The maximum Gasteiger partial charge on any atom is 0.204 e. The van der Waals surface area contributed by atoms with Crippen LogP contribution >= 0.6 is 22.6 Å². The lowest BCUT2D eigenvalue weighted by Gasteiger charge is -2.28. The van der Waals surface area contributed by atoms with Crippen LogP contribution in [0.25, 0.3) is 0 Å². The number of benzene rings is 1. The number of halogens is 1. The van der Waals surface area contributed by atoms with Gasteiger partial charge in [-0.05, 0) is 12.0 Å². The van der Waals surface area contributed by atoms with E-state index in [2.05, 4.69) is 22.6 Å². The van der Waals surface area contributed by atoms with Gasteiger partial charge in [-0.15, -0.1) is 0 Å². The fourth-order valence-electron chi connectivity index (χ4n) is 2.53. The van der Waals surface area contributed by atoms with Crippen LogP contribution < -0.4 is 0 Å². The molecule has 0 spiro atoms. The van der Waals surface area contributed by atoms with E-state index >= 15 is 0 Å². The second kappa shape index (κ2) is 7.17. The molecule has 1 aliphatic rings. The van der Waals surface area contributed by atoms with Crippen molar-refractivity contribution >= 4 is 22.6 Å². The SMILES string of the molecule is CC[C@H]1OC(O)(CI)[C@H](OCc2ccccc2)[C@@H]1OC. The van der Waals surface area contributed by atoms with E-state index in [9.17, 15) is 5.11 Å². The van der Waals surface area contributed by atoms with Crippen molar-refractivity contribution in [2.45, 2.75) is 44.1 Å². The summed E-state index contributed by atoms with van der Waals surface area (Å²) in [6.45, 7) is 2.45. The minimum Gasteiger partial charge on any atom is -0.376 e. The Labute approximate surface area is 133 Å². The lowest BCUT2D eigenvalue weighted by Crippen LogP contribution is -2.46. The minimum absolute atomic E-state index is 0.138. The summed E-state index contributed by atoms with van der Waals surface area (Å²) in [6, 6.07) is 9.90. The summed E-state index contributed by atoms with van der Waals surface area (Å²) >= 11 is 2.12. The number of rotatable bonds is 6. The van der Waals surface area contributed by atoms with Crippen molar-refractivity contribution in [1.82, 2.24) is 0 Å². The Morgan fingerprint density at radius 1 is 1.35 bits per heavy atom. The largest absolute Gasteiger partial charge is 0.376 e. The molecule has 5 heteroatoms. The van der Waals surface area contributed by atoms with E-state index in [0.29, 0.717) is 11.0 Å². The van der Waals surface area contributed by atoms with Gasteiger partial charge in [0, 0.05) is 7.11 Å². The molecule has 2 rings (SSSR count). The molecule has 4 nitrogen and oxygen atoms in total. The van der Waals surface area contributed by atoms with Gasteiger partial charge in [0.25, 0.3) is 0 Å². The Balaban J connectivity index is 2.09. The summed E-state index contributed by atoms with van der Waals surface area (Å²) in [7, 11) is 1.63. The highest BCUT2D eigenvalue weighted by Gasteiger charge is 2.54. The van der Waals surface area contributed by atoms with Gasteiger partial charge in [0.2, 0.25) is 5.79 Å². The van der Waals surface area contributed by atoms with Gasteiger partial charge in [-0.1, -0.05) is 59.8 Å². The second-order valence-corrected chi connectivity index (χ2v) is 5.72. The highest BCUT2D eigenvalue weighted by Crippen LogP contribution is 2.36. The van der Waals surface area contributed by atoms with E-state index in [4.69, 9.17) is 14.2 Å². The average Bonchev–Trinajstić information content (AvgIpc) is 2.78. The van der Waals surface area contributed by atoms with Gasteiger partial charge >= 0.3 is 0 Å². The van der Waals surface area contributed by atoms with Crippen LogP contribution in [0.5, 0.6) is 0 Å². The van der Waals surface area contributed by atoms with Gasteiger partial charge in [0.05, 0.1) is 17.1 Å². The molecule has 1 N–H and O–H groups in total. The topological polar surface area (TPSA) is 47.9 Å². The standard InChI is InChI=1S/C15H21IO4/c1-3-12-13(18-2)14(15(17,10-16)20-12)19-9-11-7-5-4-6-8-11/h4-8,12-14,17H,3,9-10H2,1-2H3/t12-,13-,14-,15?/m1/s1. The summed E-state index contributed by atoms with van der Waals surface area (Å²) in [5, 5.41) is 10.6. The third kappa shape index (κ3) is 3.33. The summed E-state index contributed by atoms with van der Waals surface area (Å²) in [5.41, 5.74) is 1.07. The van der Waals surface area contributed by atoms with Gasteiger partial charge in [-0.2, -0.15) is 0 Å². The van der Waals surface area contributed by atoms with E-state index in [1.165, 1.54) is 0 Å². The van der Waals surface area contributed by atoms with Crippen LogP contribution in [0.15, 0.2) is 30.3 Å². The predicted molar refractivity (Wildman–Crippen MR) is 84.8 cm³/mol. The molecule has 1 heterocycles. The fraction of sp³-hybridized carbons (Fsp3) is 0.600. The van der Waals surface area contributed by atoms with Crippen LogP contribution in [0, 0.1) is 0 Å². The average molecular weight is 392 g/mol. The molecule has 1 unspecified atom stereocenters. The first kappa shape index (κ1) is 16.2. The van der Waals surface area contributed by atoms with Crippen molar-refractivity contribution in [1.29, 1.82) is 0 Å². The molecule has 0 radical (unpaired) electrons. The molecule has 0 aromatic heterocycles. The summed E-state index contributed by atoms with van der Waals surface area (Å²) in [5.74, 6) is -1.28. The van der Waals surface area contributed by atoms with Crippen molar-refractivity contribution < 1.29 is 19.3 Å². The first-order chi connectivity index (χ1) is 9.64. The van der Waals surface area contributed by atoms with Crippen molar-refractivity contribution in [2.24, 2.45) is 0 Å². The molecule has 0 bridgehead atoms. The molecule has 4 atom stereocenters. The molecule has 112 valence electrons. The van der Waals surface area contributed by atoms with Crippen LogP contribution in [0.2, 0.25) is 0 Å². The van der Waals surface area contributed by atoms with Gasteiger partial charge < -0.3 is 19.3 Å². The van der Waals surface area contributed by atoms with E-state index in [1.807, 2.05) is 37.3 Å². The first-order valence-electron chi connectivity index (χ1n) is 6.79. The van der Waals surface area contributed by atoms with Crippen LogP contribution in [0.1, 0.15) is 18.9 Å². The number of ether oxygens (including phenoxy) is 3. The van der Waals surface area contributed by atoms with E-state index < -0.39 is 11.9 Å². The third-order valence-corrected chi connectivity index (χ3v) is 4.70. The lowest BCUT2D eigenvalue weighted by atomic mass is 10.0. The van der Waals surface area contributed by atoms with Crippen molar-refractivity contribution in [3.05, 3.63) is 35.9 Å². The Morgan fingerprint density at radius 2 is 2.05 bits per heavy atom. The Bertz CT molecular complexity index is 414. The molecule has 1 aromatic rings. The second-order valence-electron chi connectivity index (χ2n) is 4.96. The van der Waals surface area contributed by atoms with Gasteiger partial charge in [-0.3, -0.25) is 0 Å². The number of aliphatic hydroxyl groups is 1. The Kier molecular flexibility index (Phi) is 5.80. The Hall–Kier alpha value is -0.210. The molecular formula is C15H21IO4. The lowest BCUT2D eigenvalue weighted by molar-refractivity contribution is -0.222. The number of hydrogen-bond donors (Lipinski definition) is 1. The van der Waals surface area contributed by atoms with Gasteiger partial charge in [0.15, 0.2) is 0 Å².